The summed E-state index contributed by atoms with van der Waals surface area (Å²) in [6.07, 6.45) is 0.736. The number of hydrogen-bond donors (Lipinski definition) is 1. The first-order valence-electron chi connectivity index (χ1n) is 10.3. The van der Waals surface area contributed by atoms with Crippen LogP contribution < -0.4 is 24.4 Å². The molecule has 3 aromatic rings. The van der Waals surface area contributed by atoms with Gasteiger partial charge in [-0.2, -0.15) is 5.26 Å². The minimum atomic E-state index is 0.188. The second kappa shape index (κ2) is 8.67. The standard InChI is InChI=1S/C25H25N3O4/c1-5-32-21-7-6-15(10-22(21)29-2)17-12-20-18-13-24(31-4)23(30-3)11-16(18)8-9-28(20)25(27)19(17)14-26/h6-7,10-13,27H,5,8-9H2,1-4H3. The highest BCUT2D eigenvalue weighted by molar-refractivity contribution is 5.79. The lowest BCUT2D eigenvalue weighted by atomic mass is 9.92. The molecule has 1 aliphatic rings. The van der Waals surface area contributed by atoms with Crippen LogP contribution >= 0.6 is 0 Å². The van der Waals surface area contributed by atoms with Crippen molar-refractivity contribution in [1.29, 1.82) is 10.7 Å². The average Bonchev–Trinajstić information content (AvgIpc) is 2.83. The normalized spacial score (nSPS) is 11.7. The van der Waals surface area contributed by atoms with Crippen LogP contribution in [-0.2, 0) is 13.0 Å². The van der Waals surface area contributed by atoms with E-state index < -0.39 is 0 Å². The lowest BCUT2D eigenvalue weighted by Crippen LogP contribution is -2.28. The molecular formula is C25H25N3O4. The number of fused-ring (bicyclic) bond motifs is 3. The predicted octanol–water partition coefficient (Wildman–Crippen LogP) is 4.15. The summed E-state index contributed by atoms with van der Waals surface area (Å²) < 4.78 is 24.0. The summed E-state index contributed by atoms with van der Waals surface area (Å²) >= 11 is 0. The fraction of sp³-hybridized carbons (Fsp3) is 0.280. The molecule has 0 radical (unpaired) electrons. The Hall–Kier alpha value is -3.92. The molecule has 164 valence electrons. The van der Waals surface area contributed by atoms with Crippen molar-refractivity contribution in [2.75, 3.05) is 27.9 Å². The number of nitriles is 1. The number of methoxy groups -OCH3 is 3. The van der Waals surface area contributed by atoms with E-state index in [0.29, 0.717) is 47.3 Å². The van der Waals surface area contributed by atoms with Crippen LogP contribution in [0.3, 0.4) is 0 Å². The molecule has 1 aliphatic heterocycles. The molecule has 4 rings (SSSR count). The zero-order valence-corrected chi connectivity index (χ0v) is 18.6. The van der Waals surface area contributed by atoms with Crippen LogP contribution in [0, 0.1) is 16.7 Å². The van der Waals surface area contributed by atoms with Gasteiger partial charge in [-0.3, -0.25) is 5.41 Å². The molecule has 0 saturated heterocycles. The van der Waals surface area contributed by atoms with Crippen molar-refractivity contribution in [3.8, 4) is 51.5 Å². The highest BCUT2D eigenvalue weighted by Gasteiger charge is 2.23. The summed E-state index contributed by atoms with van der Waals surface area (Å²) in [5.74, 6) is 2.52. The van der Waals surface area contributed by atoms with Gasteiger partial charge in [0.25, 0.3) is 0 Å². The van der Waals surface area contributed by atoms with Gasteiger partial charge in [0.1, 0.15) is 17.1 Å². The third-order valence-electron chi connectivity index (χ3n) is 5.72. The quantitative estimate of drug-likeness (QED) is 0.633. The van der Waals surface area contributed by atoms with Gasteiger partial charge in [-0.1, -0.05) is 6.07 Å². The van der Waals surface area contributed by atoms with Crippen molar-refractivity contribution in [2.24, 2.45) is 0 Å². The number of pyridine rings is 1. The Morgan fingerprint density at radius 2 is 1.62 bits per heavy atom. The Bertz CT molecular complexity index is 1290. The zero-order chi connectivity index (χ0) is 22.8. The van der Waals surface area contributed by atoms with E-state index in [2.05, 4.69) is 6.07 Å². The van der Waals surface area contributed by atoms with E-state index in [1.165, 1.54) is 0 Å². The van der Waals surface area contributed by atoms with E-state index in [-0.39, 0.29) is 5.49 Å². The first kappa shape index (κ1) is 21.3. The molecule has 0 atom stereocenters. The van der Waals surface area contributed by atoms with Gasteiger partial charge in [-0.15, -0.1) is 0 Å². The monoisotopic (exact) mass is 431 g/mol. The third-order valence-corrected chi connectivity index (χ3v) is 5.72. The third kappa shape index (κ3) is 3.44. The molecule has 0 saturated carbocycles. The summed E-state index contributed by atoms with van der Waals surface area (Å²) in [6.45, 7) is 3.04. The molecule has 0 bridgehead atoms. The van der Waals surface area contributed by atoms with Gasteiger partial charge in [0.15, 0.2) is 23.0 Å². The van der Waals surface area contributed by atoms with Crippen molar-refractivity contribution in [2.45, 2.75) is 19.9 Å². The fourth-order valence-corrected chi connectivity index (χ4v) is 4.17. The first-order chi connectivity index (χ1) is 15.6. The van der Waals surface area contributed by atoms with Crippen LogP contribution in [0.1, 0.15) is 18.1 Å². The molecule has 2 heterocycles. The lowest BCUT2D eigenvalue weighted by Gasteiger charge is -2.25. The van der Waals surface area contributed by atoms with Crippen LogP contribution in [0.4, 0.5) is 0 Å². The van der Waals surface area contributed by atoms with Crippen LogP contribution in [0.15, 0.2) is 36.4 Å². The molecule has 0 amide bonds. The summed E-state index contributed by atoms with van der Waals surface area (Å²) in [4.78, 5) is 0. The first-order valence-corrected chi connectivity index (χ1v) is 10.3. The Balaban J connectivity index is 1.96. The average molecular weight is 431 g/mol. The maximum atomic E-state index is 9.90. The smallest absolute Gasteiger partial charge is 0.161 e. The number of ether oxygens (including phenoxy) is 4. The van der Waals surface area contributed by atoms with Crippen molar-refractivity contribution in [1.82, 2.24) is 4.57 Å². The molecule has 1 N–H and O–H groups in total. The summed E-state index contributed by atoms with van der Waals surface area (Å²) in [7, 11) is 4.81. The number of aryl methyl sites for hydroxylation is 1. The van der Waals surface area contributed by atoms with E-state index in [1.807, 2.05) is 47.9 Å². The summed E-state index contributed by atoms with van der Waals surface area (Å²) in [5, 5.41) is 18.7. The van der Waals surface area contributed by atoms with E-state index in [1.54, 1.807) is 21.3 Å². The van der Waals surface area contributed by atoms with Crippen molar-refractivity contribution in [3.05, 3.63) is 53.0 Å². The Kier molecular flexibility index (Phi) is 5.78. The van der Waals surface area contributed by atoms with E-state index in [0.717, 1.165) is 28.8 Å². The molecule has 7 nitrogen and oxygen atoms in total. The van der Waals surface area contributed by atoms with E-state index in [9.17, 15) is 5.26 Å². The van der Waals surface area contributed by atoms with Crippen LogP contribution in [-0.4, -0.2) is 32.5 Å². The minimum absolute atomic E-state index is 0.188. The van der Waals surface area contributed by atoms with Crippen molar-refractivity contribution in [3.63, 3.8) is 0 Å². The molecule has 0 spiro atoms. The zero-order valence-electron chi connectivity index (χ0n) is 18.6. The van der Waals surface area contributed by atoms with Gasteiger partial charge >= 0.3 is 0 Å². The minimum Gasteiger partial charge on any atom is -0.493 e. The van der Waals surface area contributed by atoms with Crippen LogP contribution in [0.5, 0.6) is 23.0 Å². The van der Waals surface area contributed by atoms with E-state index >= 15 is 0 Å². The molecule has 0 aliphatic carbocycles. The molecule has 0 unspecified atom stereocenters. The van der Waals surface area contributed by atoms with Crippen LogP contribution in [0.2, 0.25) is 0 Å². The topological polar surface area (TPSA) is 89.5 Å². The van der Waals surface area contributed by atoms with Crippen molar-refractivity contribution >= 4 is 0 Å². The highest BCUT2D eigenvalue weighted by atomic mass is 16.5. The van der Waals surface area contributed by atoms with Gasteiger partial charge in [-0.25, -0.2) is 0 Å². The number of rotatable bonds is 6. The van der Waals surface area contributed by atoms with Crippen molar-refractivity contribution < 1.29 is 18.9 Å². The predicted molar refractivity (Wildman–Crippen MR) is 120 cm³/mol. The Labute approximate surface area is 186 Å². The van der Waals surface area contributed by atoms with Gasteiger partial charge in [0, 0.05) is 17.7 Å². The Morgan fingerprint density at radius 3 is 2.28 bits per heavy atom. The van der Waals surface area contributed by atoms with Gasteiger partial charge in [0.05, 0.1) is 33.6 Å². The summed E-state index contributed by atoms with van der Waals surface area (Å²) in [6, 6.07) is 13.7. The fourth-order valence-electron chi connectivity index (χ4n) is 4.17. The Morgan fingerprint density at radius 1 is 0.938 bits per heavy atom. The number of nitrogens with zero attached hydrogens (tertiary/aromatic N) is 2. The molecule has 2 aromatic carbocycles. The van der Waals surface area contributed by atoms with E-state index in [4.69, 9.17) is 24.4 Å². The number of benzene rings is 2. The lowest BCUT2D eigenvalue weighted by molar-refractivity contribution is 0.311. The van der Waals surface area contributed by atoms with Crippen LogP contribution in [0.25, 0.3) is 22.4 Å². The van der Waals surface area contributed by atoms with Gasteiger partial charge in [-0.05, 0) is 54.8 Å². The molecule has 32 heavy (non-hydrogen) atoms. The summed E-state index contributed by atoms with van der Waals surface area (Å²) in [5.41, 5.74) is 4.91. The largest absolute Gasteiger partial charge is 0.493 e. The molecule has 0 fully saturated rings. The second-order valence-electron chi connectivity index (χ2n) is 7.34. The number of nitrogens with one attached hydrogen (secondary N) is 1. The maximum absolute atomic E-state index is 9.90. The van der Waals surface area contributed by atoms with Gasteiger partial charge < -0.3 is 23.5 Å². The van der Waals surface area contributed by atoms with Gasteiger partial charge in [0.2, 0.25) is 0 Å². The SMILES string of the molecule is CCOc1ccc(-c2cc3n(c(=N)c2C#N)CCc2cc(OC)c(OC)cc2-3)cc1OC. The number of aromatic nitrogens is 1. The molecule has 1 aromatic heterocycles. The second-order valence-corrected chi connectivity index (χ2v) is 7.34. The number of hydrogen-bond acceptors (Lipinski definition) is 6. The highest BCUT2D eigenvalue weighted by Crippen LogP contribution is 2.40. The molecule has 7 heteroatoms. The molecular weight excluding hydrogens is 406 g/mol. The maximum Gasteiger partial charge on any atom is 0.161 e.